The summed E-state index contributed by atoms with van der Waals surface area (Å²) in [5.74, 6) is 1.07. The van der Waals surface area contributed by atoms with Crippen LogP contribution in [0.1, 0.15) is 30.9 Å². The molecule has 26 heavy (non-hydrogen) atoms. The Kier molecular flexibility index (Phi) is 4.19. The summed E-state index contributed by atoms with van der Waals surface area (Å²) < 4.78 is 7.91. The second-order valence-electron chi connectivity index (χ2n) is 7.04. The molecule has 134 valence electrons. The Hall–Kier alpha value is -2.75. The number of rotatable bonds is 4. The quantitative estimate of drug-likeness (QED) is 0.771. The van der Waals surface area contributed by atoms with Crippen LogP contribution in [0.4, 0.5) is 0 Å². The first-order chi connectivity index (χ1) is 12.6. The molecule has 1 aliphatic rings. The molecule has 0 bridgehead atoms. The highest BCUT2D eigenvalue weighted by molar-refractivity contribution is 5.94. The van der Waals surface area contributed by atoms with E-state index in [0.717, 1.165) is 18.7 Å². The first kappa shape index (κ1) is 16.7. The Balaban J connectivity index is 1.97. The number of aromatic nitrogens is 1. The van der Waals surface area contributed by atoms with Gasteiger partial charge in [-0.2, -0.15) is 0 Å². The van der Waals surface area contributed by atoms with Gasteiger partial charge in [-0.15, -0.1) is 0 Å². The molecule has 4 heteroatoms. The largest absolute Gasteiger partial charge is 0.497 e. The van der Waals surface area contributed by atoms with E-state index in [4.69, 9.17) is 4.74 Å². The van der Waals surface area contributed by atoms with E-state index in [0.29, 0.717) is 6.54 Å². The smallest absolute Gasteiger partial charge is 0.216 e. The minimum absolute atomic E-state index is 0.00668. The van der Waals surface area contributed by atoms with Gasteiger partial charge in [-0.05, 0) is 35.7 Å². The van der Waals surface area contributed by atoms with Gasteiger partial charge in [0.2, 0.25) is 5.91 Å². The van der Waals surface area contributed by atoms with Gasteiger partial charge in [-0.25, -0.2) is 0 Å². The number of nitrogens with zero attached hydrogens (tertiary/aromatic N) is 1. The fourth-order valence-corrected chi connectivity index (χ4v) is 4.11. The molecule has 4 rings (SSSR count). The zero-order valence-electron chi connectivity index (χ0n) is 15.5. The summed E-state index contributed by atoms with van der Waals surface area (Å²) in [6, 6.07) is 15.0. The Morgan fingerprint density at radius 1 is 1.27 bits per heavy atom. The van der Waals surface area contributed by atoms with Crippen molar-refractivity contribution < 1.29 is 9.53 Å². The Bertz CT molecular complexity index is 987. The van der Waals surface area contributed by atoms with E-state index in [1.165, 1.54) is 33.3 Å². The van der Waals surface area contributed by atoms with Crippen LogP contribution in [0.5, 0.6) is 5.75 Å². The summed E-state index contributed by atoms with van der Waals surface area (Å²) in [6.07, 6.45) is 1.04. The van der Waals surface area contributed by atoms with Crippen LogP contribution < -0.4 is 10.1 Å². The van der Waals surface area contributed by atoms with E-state index in [1.54, 1.807) is 14.0 Å². The van der Waals surface area contributed by atoms with Crippen molar-refractivity contribution >= 4 is 16.8 Å². The Morgan fingerprint density at radius 3 is 2.85 bits per heavy atom. The first-order valence-electron chi connectivity index (χ1n) is 9.13. The molecule has 1 aromatic heterocycles. The zero-order valence-corrected chi connectivity index (χ0v) is 15.5. The van der Waals surface area contributed by atoms with Gasteiger partial charge in [0, 0.05) is 42.4 Å². The van der Waals surface area contributed by atoms with Crippen molar-refractivity contribution in [1.82, 2.24) is 9.88 Å². The lowest BCUT2D eigenvalue weighted by Gasteiger charge is -2.23. The SMILES string of the molecule is COc1ccc2c(c1)c(C(C)CNC(C)=O)c1n2CCc2ccccc2-1. The van der Waals surface area contributed by atoms with Crippen LogP contribution in [-0.4, -0.2) is 24.1 Å². The van der Waals surface area contributed by atoms with Crippen LogP contribution in [0, 0.1) is 0 Å². The van der Waals surface area contributed by atoms with E-state index >= 15 is 0 Å². The van der Waals surface area contributed by atoms with E-state index < -0.39 is 0 Å². The van der Waals surface area contributed by atoms with Gasteiger partial charge in [0.25, 0.3) is 0 Å². The van der Waals surface area contributed by atoms with Crippen LogP contribution in [-0.2, 0) is 17.8 Å². The number of amides is 1. The van der Waals surface area contributed by atoms with Crippen LogP contribution in [0.15, 0.2) is 42.5 Å². The maximum atomic E-state index is 11.4. The predicted octanol–water partition coefficient (Wildman–Crippen LogP) is 4.11. The maximum absolute atomic E-state index is 11.4. The van der Waals surface area contributed by atoms with Crippen molar-refractivity contribution in [2.24, 2.45) is 0 Å². The average Bonchev–Trinajstić information content (AvgIpc) is 3.00. The Labute approximate surface area is 153 Å². The van der Waals surface area contributed by atoms with Crippen LogP contribution >= 0.6 is 0 Å². The summed E-state index contributed by atoms with van der Waals surface area (Å²) >= 11 is 0. The number of carbonyl (C=O) groups excluding carboxylic acids is 1. The molecule has 1 unspecified atom stereocenters. The molecule has 3 aromatic rings. The normalized spacial score (nSPS) is 13.8. The summed E-state index contributed by atoms with van der Waals surface area (Å²) in [7, 11) is 1.70. The fourth-order valence-electron chi connectivity index (χ4n) is 4.11. The van der Waals surface area contributed by atoms with Gasteiger partial charge >= 0.3 is 0 Å². The molecular formula is C22H24N2O2. The van der Waals surface area contributed by atoms with E-state index in [2.05, 4.69) is 53.2 Å². The third kappa shape index (κ3) is 2.66. The molecule has 0 saturated heterocycles. The number of methoxy groups -OCH3 is 1. The van der Waals surface area contributed by atoms with Gasteiger partial charge in [0.15, 0.2) is 0 Å². The lowest BCUT2D eigenvalue weighted by atomic mass is 9.90. The molecule has 2 heterocycles. The van der Waals surface area contributed by atoms with E-state index in [1.807, 2.05) is 6.07 Å². The summed E-state index contributed by atoms with van der Waals surface area (Å²) in [4.78, 5) is 11.4. The molecule has 0 fully saturated rings. The molecule has 1 N–H and O–H groups in total. The zero-order chi connectivity index (χ0) is 18.3. The van der Waals surface area contributed by atoms with Crippen molar-refractivity contribution in [3.63, 3.8) is 0 Å². The molecule has 1 aliphatic heterocycles. The van der Waals surface area contributed by atoms with Crippen LogP contribution in [0.2, 0.25) is 0 Å². The molecular weight excluding hydrogens is 324 g/mol. The van der Waals surface area contributed by atoms with Gasteiger partial charge in [0.1, 0.15) is 5.75 Å². The molecule has 1 atom stereocenters. The lowest BCUT2D eigenvalue weighted by Crippen LogP contribution is -2.25. The third-order valence-corrected chi connectivity index (χ3v) is 5.34. The number of hydrogen-bond donors (Lipinski definition) is 1. The highest BCUT2D eigenvalue weighted by Crippen LogP contribution is 2.43. The number of aryl methyl sites for hydroxylation is 2. The molecule has 1 amide bonds. The highest BCUT2D eigenvalue weighted by atomic mass is 16.5. The molecule has 4 nitrogen and oxygen atoms in total. The summed E-state index contributed by atoms with van der Waals surface area (Å²) in [6.45, 7) is 5.35. The summed E-state index contributed by atoms with van der Waals surface area (Å²) in [5.41, 5.74) is 6.51. The standard InChI is InChI=1S/C22H24N2O2/c1-14(13-23-15(2)25)21-19-12-17(26-3)8-9-20(19)24-11-10-16-6-4-5-7-18(16)22(21)24/h4-9,12,14H,10-11,13H2,1-3H3,(H,23,25). The van der Waals surface area contributed by atoms with Crippen LogP contribution in [0.25, 0.3) is 22.2 Å². The monoisotopic (exact) mass is 348 g/mol. The van der Waals surface area contributed by atoms with Crippen molar-refractivity contribution in [3.8, 4) is 17.0 Å². The van der Waals surface area contributed by atoms with Crippen molar-refractivity contribution in [2.45, 2.75) is 32.7 Å². The molecule has 0 radical (unpaired) electrons. The van der Waals surface area contributed by atoms with Crippen molar-refractivity contribution in [3.05, 3.63) is 53.6 Å². The Morgan fingerprint density at radius 2 is 2.08 bits per heavy atom. The van der Waals surface area contributed by atoms with E-state index in [9.17, 15) is 4.79 Å². The molecule has 2 aromatic carbocycles. The van der Waals surface area contributed by atoms with E-state index in [-0.39, 0.29) is 11.8 Å². The first-order valence-corrected chi connectivity index (χ1v) is 9.13. The number of nitrogens with one attached hydrogen (secondary N) is 1. The minimum Gasteiger partial charge on any atom is -0.497 e. The number of hydrogen-bond acceptors (Lipinski definition) is 2. The second kappa shape index (κ2) is 6.52. The minimum atomic E-state index is 0.00668. The lowest BCUT2D eigenvalue weighted by molar-refractivity contribution is -0.119. The van der Waals surface area contributed by atoms with Crippen LogP contribution in [0.3, 0.4) is 0 Å². The van der Waals surface area contributed by atoms with Crippen molar-refractivity contribution in [2.75, 3.05) is 13.7 Å². The third-order valence-electron chi connectivity index (χ3n) is 5.34. The second-order valence-corrected chi connectivity index (χ2v) is 7.04. The molecule has 0 saturated carbocycles. The number of benzene rings is 2. The number of carbonyl (C=O) groups is 1. The van der Waals surface area contributed by atoms with Gasteiger partial charge in [0.05, 0.1) is 12.8 Å². The van der Waals surface area contributed by atoms with Gasteiger partial charge < -0.3 is 14.6 Å². The fraction of sp³-hybridized carbons (Fsp3) is 0.318. The highest BCUT2D eigenvalue weighted by Gasteiger charge is 2.26. The number of fused-ring (bicyclic) bond motifs is 5. The topological polar surface area (TPSA) is 43.3 Å². The van der Waals surface area contributed by atoms with Gasteiger partial charge in [-0.1, -0.05) is 31.2 Å². The number of ether oxygens (including phenoxy) is 1. The molecule has 0 spiro atoms. The summed E-state index contributed by atoms with van der Waals surface area (Å²) in [5, 5.41) is 4.19. The van der Waals surface area contributed by atoms with Gasteiger partial charge in [-0.3, -0.25) is 4.79 Å². The predicted molar refractivity (Wildman–Crippen MR) is 105 cm³/mol. The molecule has 0 aliphatic carbocycles. The average molecular weight is 348 g/mol. The van der Waals surface area contributed by atoms with Crippen molar-refractivity contribution in [1.29, 1.82) is 0 Å². The maximum Gasteiger partial charge on any atom is 0.216 e.